The Labute approximate surface area is 138 Å². The molecule has 2 saturated heterocycles. The van der Waals surface area contributed by atoms with Crippen molar-refractivity contribution in [1.82, 2.24) is 19.8 Å². The molecule has 1 N–H and O–H groups in total. The van der Waals surface area contributed by atoms with Crippen molar-refractivity contribution in [2.75, 3.05) is 39.3 Å². The summed E-state index contributed by atoms with van der Waals surface area (Å²) in [4.78, 5) is 13.6. The van der Waals surface area contributed by atoms with Gasteiger partial charge in [0.1, 0.15) is 5.82 Å². The number of rotatable bonds is 4. The second-order valence-electron chi connectivity index (χ2n) is 7.16. The molecule has 2 aromatic rings. The van der Waals surface area contributed by atoms with Crippen LogP contribution in [0.4, 0.5) is 0 Å². The van der Waals surface area contributed by atoms with Crippen LogP contribution in [0.3, 0.4) is 0 Å². The van der Waals surface area contributed by atoms with Crippen LogP contribution in [0.1, 0.15) is 43.8 Å². The van der Waals surface area contributed by atoms with Crippen molar-refractivity contribution in [1.29, 1.82) is 0 Å². The predicted molar refractivity (Wildman–Crippen MR) is 94.8 cm³/mol. The van der Waals surface area contributed by atoms with Crippen LogP contribution in [0.25, 0.3) is 11.0 Å². The van der Waals surface area contributed by atoms with Gasteiger partial charge in [-0.3, -0.25) is 0 Å². The number of hydrogen-bond acceptors (Lipinski definition) is 3. The Morgan fingerprint density at radius 3 is 2.35 bits per heavy atom. The van der Waals surface area contributed by atoms with Gasteiger partial charge < -0.3 is 14.8 Å². The smallest absolute Gasteiger partial charge is 0.110 e. The van der Waals surface area contributed by atoms with Gasteiger partial charge in [0.15, 0.2) is 0 Å². The van der Waals surface area contributed by atoms with Crippen LogP contribution in [0.2, 0.25) is 0 Å². The largest absolute Gasteiger partial charge is 0.342 e. The average molecular weight is 312 g/mol. The van der Waals surface area contributed by atoms with Crippen molar-refractivity contribution in [3.8, 4) is 0 Å². The van der Waals surface area contributed by atoms with E-state index < -0.39 is 0 Å². The first-order valence-electron chi connectivity index (χ1n) is 9.28. The van der Waals surface area contributed by atoms with E-state index in [1.165, 1.54) is 82.7 Å². The zero-order chi connectivity index (χ0) is 15.5. The Hall–Kier alpha value is -1.39. The van der Waals surface area contributed by atoms with Crippen LogP contribution in [0, 0.1) is 0 Å². The van der Waals surface area contributed by atoms with Crippen LogP contribution < -0.4 is 0 Å². The molecule has 4 nitrogen and oxygen atoms in total. The number of piperidine rings is 2. The molecule has 0 bridgehead atoms. The van der Waals surface area contributed by atoms with Crippen LogP contribution in [0.5, 0.6) is 0 Å². The summed E-state index contributed by atoms with van der Waals surface area (Å²) in [6, 6.07) is 8.37. The lowest BCUT2D eigenvalue weighted by molar-refractivity contribution is 0.158. The molecule has 4 heteroatoms. The van der Waals surface area contributed by atoms with Gasteiger partial charge in [-0.25, -0.2) is 4.98 Å². The van der Waals surface area contributed by atoms with Crippen LogP contribution in [0.15, 0.2) is 24.3 Å². The molecule has 3 heterocycles. The predicted octanol–water partition coefficient (Wildman–Crippen LogP) is 3.23. The highest BCUT2D eigenvalue weighted by atomic mass is 15.2. The summed E-state index contributed by atoms with van der Waals surface area (Å²) in [6.07, 6.45) is 6.70. The van der Waals surface area contributed by atoms with Gasteiger partial charge in [0.2, 0.25) is 0 Å². The molecule has 2 aliphatic rings. The number of fused-ring (bicyclic) bond motifs is 1. The summed E-state index contributed by atoms with van der Waals surface area (Å²) < 4.78 is 0. The van der Waals surface area contributed by atoms with E-state index in [1.807, 2.05) is 0 Å². The first kappa shape index (κ1) is 15.2. The van der Waals surface area contributed by atoms with E-state index in [4.69, 9.17) is 4.98 Å². The summed E-state index contributed by atoms with van der Waals surface area (Å²) in [5.41, 5.74) is 2.28. The van der Waals surface area contributed by atoms with E-state index in [0.29, 0.717) is 5.92 Å². The lowest BCUT2D eigenvalue weighted by Gasteiger charge is -2.34. The maximum Gasteiger partial charge on any atom is 0.110 e. The van der Waals surface area contributed by atoms with Crippen molar-refractivity contribution in [2.24, 2.45) is 0 Å². The number of hydrogen-bond donors (Lipinski definition) is 1. The molecule has 2 aliphatic heterocycles. The van der Waals surface area contributed by atoms with Crippen LogP contribution in [-0.4, -0.2) is 59.0 Å². The molecule has 0 amide bonds. The van der Waals surface area contributed by atoms with E-state index in [2.05, 4.69) is 39.0 Å². The molecular weight excluding hydrogens is 284 g/mol. The summed E-state index contributed by atoms with van der Waals surface area (Å²) in [5, 5.41) is 0. The third kappa shape index (κ3) is 3.59. The number of H-pyrrole nitrogens is 1. The van der Waals surface area contributed by atoms with Gasteiger partial charge in [0.05, 0.1) is 11.0 Å². The van der Waals surface area contributed by atoms with Gasteiger partial charge in [-0.2, -0.15) is 0 Å². The number of benzene rings is 1. The monoisotopic (exact) mass is 312 g/mol. The van der Waals surface area contributed by atoms with Gasteiger partial charge in [-0.15, -0.1) is 0 Å². The van der Waals surface area contributed by atoms with Gasteiger partial charge in [-0.05, 0) is 64.0 Å². The molecule has 0 radical (unpaired) electrons. The third-order valence-electron chi connectivity index (χ3n) is 5.56. The zero-order valence-electron chi connectivity index (χ0n) is 14.0. The number of imidazole rings is 1. The van der Waals surface area contributed by atoms with Crippen LogP contribution >= 0.6 is 0 Å². The van der Waals surface area contributed by atoms with E-state index in [-0.39, 0.29) is 0 Å². The molecule has 0 unspecified atom stereocenters. The fourth-order valence-electron chi connectivity index (χ4n) is 4.06. The van der Waals surface area contributed by atoms with Gasteiger partial charge in [0, 0.05) is 19.0 Å². The lowest BCUT2D eigenvalue weighted by Crippen LogP contribution is -2.41. The second kappa shape index (κ2) is 7.02. The van der Waals surface area contributed by atoms with E-state index in [0.717, 1.165) is 5.52 Å². The fraction of sp³-hybridized carbons (Fsp3) is 0.632. The molecule has 124 valence electrons. The summed E-state index contributed by atoms with van der Waals surface area (Å²) in [7, 11) is 0. The molecule has 0 aliphatic carbocycles. The first-order valence-corrected chi connectivity index (χ1v) is 9.28. The molecule has 0 atom stereocenters. The minimum absolute atomic E-state index is 0.605. The fourth-order valence-corrected chi connectivity index (χ4v) is 4.06. The summed E-state index contributed by atoms with van der Waals surface area (Å²) in [6.45, 7) is 7.57. The topological polar surface area (TPSA) is 35.2 Å². The second-order valence-corrected chi connectivity index (χ2v) is 7.16. The molecule has 0 saturated carbocycles. The molecule has 4 rings (SSSR count). The Morgan fingerprint density at radius 2 is 1.61 bits per heavy atom. The average Bonchev–Trinajstić information content (AvgIpc) is 3.05. The molecular formula is C19H28N4. The van der Waals surface area contributed by atoms with Crippen molar-refractivity contribution < 1.29 is 0 Å². The van der Waals surface area contributed by atoms with Gasteiger partial charge in [0.25, 0.3) is 0 Å². The lowest BCUT2D eigenvalue weighted by atomic mass is 9.96. The molecule has 1 aromatic heterocycles. The van der Waals surface area contributed by atoms with E-state index in [1.54, 1.807) is 0 Å². The van der Waals surface area contributed by atoms with Gasteiger partial charge in [-0.1, -0.05) is 18.6 Å². The number of aromatic amines is 1. The summed E-state index contributed by atoms with van der Waals surface area (Å²) in [5.74, 6) is 1.80. The third-order valence-corrected chi connectivity index (χ3v) is 5.56. The molecule has 0 spiro atoms. The van der Waals surface area contributed by atoms with Crippen molar-refractivity contribution in [3.63, 3.8) is 0 Å². The maximum absolute atomic E-state index is 4.80. The number of para-hydroxylation sites is 2. The highest BCUT2D eigenvalue weighted by Crippen LogP contribution is 2.27. The Morgan fingerprint density at radius 1 is 0.913 bits per heavy atom. The highest BCUT2D eigenvalue weighted by Gasteiger charge is 2.23. The molecule has 23 heavy (non-hydrogen) atoms. The highest BCUT2D eigenvalue weighted by molar-refractivity contribution is 5.74. The van der Waals surface area contributed by atoms with Crippen molar-refractivity contribution >= 4 is 11.0 Å². The van der Waals surface area contributed by atoms with E-state index >= 15 is 0 Å². The standard InChI is InChI=1S/C19H28N4/c1-4-10-22(11-5-1)14-15-23-12-8-16(9-13-23)19-20-17-6-2-3-7-18(17)21-19/h2-3,6-7,16H,1,4-5,8-15H2,(H,20,21). The number of nitrogens with one attached hydrogen (secondary N) is 1. The van der Waals surface area contributed by atoms with Crippen molar-refractivity contribution in [3.05, 3.63) is 30.1 Å². The van der Waals surface area contributed by atoms with Crippen molar-refractivity contribution in [2.45, 2.75) is 38.0 Å². The minimum Gasteiger partial charge on any atom is -0.342 e. The number of aromatic nitrogens is 2. The first-order chi connectivity index (χ1) is 11.4. The SMILES string of the molecule is c1ccc2[nH]c(C3CCN(CCN4CCCCC4)CC3)nc2c1. The van der Waals surface area contributed by atoms with Gasteiger partial charge >= 0.3 is 0 Å². The normalized spacial score (nSPS) is 21.9. The Balaban J connectivity index is 1.28. The number of nitrogens with zero attached hydrogens (tertiary/aromatic N) is 3. The summed E-state index contributed by atoms with van der Waals surface area (Å²) >= 11 is 0. The Kier molecular flexibility index (Phi) is 4.62. The van der Waals surface area contributed by atoms with Crippen LogP contribution in [-0.2, 0) is 0 Å². The quantitative estimate of drug-likeness (QED) is 0.941. The Bertz CT molecular complexity index is 588. The molecule has 1 aromatic carbocycles. The number of likely N-dealkylation sites (tertiary alicyclic amines) is 2. The van der Waals surface area contributed by atoms with E-state index in [9.17, 15) is 0 Å². The molecule has 2 fully saturated rings. The minimum atomic E-state index is 0.605. The maximum atomic E-state index is 4.80. The zero-order valence-corrected chi connectivity index (χ0v) is 14.0.